The minimum atomic E-state index is -0.474. The molecule has 0 aliphatic carbocycles. The van der Waals surface area contributed by atoms with E-state index in [-0.39, 0.29) is 5.92 Å². The first-order valence-electron chi connectivity index (χ1n) is 5.24. The number of nitrogens with zero attached hydrogens (tertiary/aromatic N) is 2. The van der Waals surface area contributed by atoms with E-state index in [1.807, 2.05) is 0 Å². The van der Waals surface area contributed by atoms with Gasteiger partial charge in [0, 0.05) is 7.11 Å². The van der Waals surface area contributed by atoms with Crippen LogP contribution in [0.15, 0.2) is 0 Å². The minimum absolute atomic E-state index is 0.271. The second-order valence-corrected chi connectivity index (χ2v) is 3.80. The van der Waals surface area contributed by atoms with Crippen molar-refractivity contribution in [1.29, 1.82) is 5.26 Å². The minimum Gasteiger partial charge on any atom is -0.382 e. The molecule has 0 saturated heterocycles. The summed E-state index contributed by atoms with van der Waals surface area (Å²) in [7, 11) is 1.65. The van der Waals surface area contributed by atoms with Gasteiger partial charge in [-0.15, -0.1) is 0 Å². The Morgan fingerprint density at radius 2 is 1.86 bits per heavy atom. The van der Waals surface area contributed by atoms with Gasteiger partial charge in [-0.3, -0.25) is 4.90 Å². The SMILES string of the molecule is CCN(CC)C(C#N)(COC)C(C)C. The molecule has 1 atom stereocenters. The van der Waals surface area contributed by atoms with E-state index in [4.69, 9.17) is 4.74 Å². The van der Waals surface area contributed by atoms with Crippen molar-refractivity contribution in [2.24, 2.45) is 5.92 Å². The molecule has 1 unspecified atom stereocenters. The summed E-state index contributed by atoms with van der Waals surface area (Å²) >= 11 is 0. The van der Waals surface area contributed by atoms with Crippen LogP contribution in [-0.2, 0) is 4.74 Å². The van der Waals surface area contributed by atoms with Gasteiger partial charge in [-0.25, -0.2) is 0 Å². The number of ether oxygens (including phenoxy) is 1. The van der Waals surface area contributed by atoms with Crippen LogP contribution in [0.2, 0.25) is 0 Å². The van der Waals surface area contributed by atoms with Gasteiger partial charge in [0.25, 0.3) is 0 Å². The molecule has 0 rings (SSSR count). The van der Waals surface area contributed by atoms with Crippen molar-refractivity contribution in [2.75, 3.05) is 26.8 Å². The summed E-state index contributed by atoms with van der Waals surface area (Å²) in [5, 5.41) is 9.34. The Kier molecular flexibility index (Phi) is 5.75. The van der Waals surface area contributed by atoms with Crippen molar-refractivity contribution in [3.8, 4) is 6.07 Å². The first-order valence-corrected chi connectivity index (χ1v) is 5.24. The zero-order valence-electron chi connectivity index (χ0n) is 10.0. The number of rotatable bonds is 6. The van der Waals surface area contributed by atoms with Crippen LogP contribution in [0.1, 0.15) is 27.7 Å². The summed E-state index contributed by atoms with van der Waals surface area (Å²) in [6, 6.07) is 2.42. The van der Waals surface area contributed by atoms with Crippen molar-refractivity contribution in [3.63, 3.8) is 0 Å². The highest BCUT2D eigenvalue weighted by Gasteiger charge is 2.38. The van der Waals surface area contributed by atoms with E-state index < -0.39 is 5.54 Å². The van der Waals surface area contributed by atoms with E-state index in [0.29, 0.717) is 6.61 Å². The average Bonchev–Trinajstić information content (AvgIpc) is 2.17. The van der Waals surface area contributed by atoms with Crippen molar-refractivity contribution in [1.82, 2.24) is 4.90 Å². The molecule has 0 spiro atoms. The van der Waals surface area contributed by atoms with E-state index in [0.717, 1.165) is 13.1 Å². The van der Waals surface area contributed by atoms with Gasteiger partial charge in [0.15, 0.2) is 0 Å². The third-order valence-corrected chi connectivity index (χ3v) is 2.84. The van der Waals surface area contributed by atoms with Crippen LogP contribution >= 0.6 is 0 Å². The lowest BCUT2D eigenvalue weighted by atomic mass is 9.86. The molecular formula is C11H22N2O. The molecule has 0 bridgehead atoms. The zero-order valence-corrected chi connectivity index (χ0v) is 10.0. The smallest absolute Gasteiger partial charge is 0.135 e. The van der Waals surface area contributed by atoms with E-state index >= 15 is 0 Å². The number of likely N-dealkylation sites (N-methyl/N-ethyl adjacent to an activating group) is 1. The van der Waals surface area contributed by atoms with Crippen LogP contribution in [0.3, 0.4) is 0 Å². The molecular weight excluding hydrogens is 176 g/mol. The molecule has 0 aromatic heterocycles. The second-order valence-electron chi connectivity index (χ2n) is 3.80. The van der Waals surface area contributed by atoms with Crippen molar-refractivity contribution >= 4 is 0 Å². The Bertz CT molecular complexity index is 194. The predicted octanol–water partition coefficient (Wildman–Crippen LogP) is 1.89. The number of hydrogen-bond acceptors (Lipinski definition) is 3. The van der Waals surface area contributed by atoms with Crippen LogP contribution in [0.5, 0.6) is 0 Å². The summed E-state index contributed by atoms with van der Waals surface area (Å²) in [5.41, 5.74) is -0.474. The molecule has 0 amide bonds. The van der Waals surface area contributed by atoms with Crippen LogP contribution < -0.4 is 0 Å². The van der Waals surface area contributed by atoms with Gasteiger partial charge in [-0.1, -0.05) is 27.7 Å². The lowest BCUT2D eigenvalue weighted by Gasteiger charge is -2.40. The quantitative estimate of drug-likeness (QED) is 0.654. The summed E-state index contributed by atoms with van der Waals surface area (Å²) in [4.78, 5) is 2.17. The largest absolute Gasteiger partial charge is 0.382 e. The highest BCUT2D eigenvalue weighted by molar-refractivity contribution is 5.10. The molecule has 0 heterocycles. The number of methoxy groups -OCH3 is 1. The average molecular weight is 198 g/mol. The van der Waals surface area contributed by atoms with Crippen LogP contribution in [0.25, 0.3) is 0 Å². The first-order chi connectivity index (χ1) is 6.58. The van der Waals surface area contributed by atoms with E-state index in [1.165, 1.54) is 0 Å². The Labute approximate surface area is 87.7 Å². The molecule has 82 valence electrons. The highest BCUT2D eigenvalue weighted by atomic mass is 16.5. The van der Waals surface area contributed by atoms with Gasteiger partial charge in [-0.05, 0) is 19.0 Å². The maximum atomic E-state index is 9.34. The molecule has 0 aliphatic rings. The third-order valence-electron chi connectivity index (χ3n) is 2.84. The van der Waals surface area contributed by atoms with Crippen LogP contribution in [-0.4, -0.2) is 37.2 Å². The van der Waals surface area contributed by atoms with Crippen LogP contribution in [0, 0.1) is 17.2 Å². The van der Waals surface area contributed by atoms with Crippen molar-refractivity contribution in [2.45, 2.75) is 33.2 Å². The normalized spacial score (nSPS) is 15.6. The summed E-state index contributed by atoms with van der Waals surface area (Å²) in [5.74, 6) is 0.271. The van der Waals surface area contributed by atoms with Crippen molar-refractivity contribution < 1.29 is 4.74 Å². The highest BCUT2D eigenvalue weighted by Crippen LogP contribution is 2.24. The van der Waals surface area contributed by atoms with Crippen molar-refractivity contribution in [3.05, 3.63) is 0 Å². The number of nitriles is 1. The molecule has 0 aliphatic heterocycles. The molecule has 0 N–H and O–H groups in total. The zero-order chi connectivity index (χ0) is 11.2. The summed E-state index contributed by atoms with van der Waals surface area (Å²) in [6.45, 7) is 10.5. The lowest BCUT2D eigenvalue weighted by Crippen LogP contribution is -2.54. The fraction of sp³-hybridized carbons (Fsp3) is 0.909. The Morgan fingerprint density at radius 1 is 1.36 bits per heavy atom. The van der Waals surface area contributed by atoms with E-state index in [1.54, 1.807) is 7.11 Å². The molecule has 14 heavy (non-hydrogen) atoms. The van der Waals surface area contributed by atoms with Gasteiger partial charge in [0.05, 0.1) is 12.7 Å². The predicted molar refractivity (Wildman–Crippen MR) is 58.0 cm³/mol. The summed E-state index contributed by atoms with van der Waals surface area (Å²) < 4.78 is 5.18. The fourth-order valence-electron chi connectivity index (χ4n) is 1.86. The molecule has 3 nitrogen and oxygen atoms in total. The third kappa shape index (κ3) is 2.46. The number of hydrogen-bond donors (Lipinski definition) is 0. The van der Waals surface area contributed by atoms with Gasteiger partial charge in [-0.2, -0.15) is 5.26 Å². The standard InChI is InChI=1S/C11H22N2O/c1-6-13(7-2)11(8-12,9-14-5)10(3)4/h10H,6-7,9H2,1-5H3. The molecule has 0 radical (unpaired) electrons. The molecule has 0 aromatic carbocycles. The maximum Gasteiger partial charge on any atom is 0.135 e. The topological polar surface area (TPSA) is 36.3 Å². The van der Waals surface area contributed by atoms with E-state index in [9.17, 15) is 5.26 Å². The lowest BCUT2D eigenvalue weighted by molar-refractivity contribution is 0.0227. The first kappa shape index (κ1) is 13.4. The van der Waals surface area contributed by atoms with Gasteiger partial charge in [0.2, 0.25) is 0 Å². The monoisotopic (exact) mass is 198 g/mol. The molecule has 3 heteroatoms. The molecule has 0 saturated carbocycles. The van der Waals surface area contributed by atoms with Crippen LogP contribution in [0.4, 0.5) is 0 Å². The summed E-state index contributed by atoms with van der Waals surface area (Å²) in [6.07, 6.45) is 0. The second kappa shape index (κ2) is 6.00. The Balaban J connectivity index is 4.92. The molecule has 0 fully saturated rings. The maximum absolute atomic E-state index is 9.34. The Morgan fingerprint density at radius 3 is 2.07 bits per heavy atom. The van der Waals surface area contributed by atoms with E-state index in [2.05, 4.69) is 38.7 Å². The van der Waals surface area contributed by atoms with Gasteiger partial charge < -0.3 is 4.74 Å². The Hall–Kier alpha value is -0.590. The fourth-order valence-corrected chi connectivity index (χ4v) is 1.86. The van der Waals surface area contributed by atoms with Gasteiger partial charge >= 0.3 is 0 Å². The molecule has 0 aromatic rings. The van der Waals surface area contributed by atoms with Gasteiger partial charge in [0.1, 0.15) is 5.54 Å².